The minimum Gasteiger partial charge on any atom is -0.478 e. The van der Waals surface area contributed by atoms with Crippen molar-refractivity contribution < 1.29 is 23.1 Å². The molecule has 1 N–H and O–H groups in total. The first kappa shape index (κ1) is 12.3. The highest BCUT2D eigenvalue weighted by atomic mass is 19.4. The van der Waals surface area contributed by atoms with Crippen molar-refractivity contribution in [2.75, 3.05) is 0 Å². The van der Waals surface area contributed by atoms with E-state index in [1.165, 1.54) is 12.1 Å². The molecule has 86 valence electrons. The number of hydrogen-bond acceptors (Lipinski definition) is 1. The Balaban J connectivity index is 3.13. The average molecular weight is 230 g/mol. The topological polar surface area (TPSA) is 37.3 Å². The lowest BCUT2D eigenvalue weighted by atomic mass is 10.1. The van der Waals surface area contributed by atoms with E-state index in [0.29, 0.717) is 6.08 Å². The van der Waals surface area contributed by atoms with Crippen LogP contribution in [0.5, 0.6) is 0 Å². The van der Waals surface area contributed by atoms with Crippen LogP contribution in [0.15, 0.2) is 29.8 Å². The summed E-state index contributed by atoms with van der Waals surface area (Å²) < 4.78 is 36.9. The largest absolute Gasteiger partial charge is 0.478 e. The molecule has 1 rings (SSSR count). The quantitative estimate of drug-likeness (QED) is 0.793. The second-order valence-electron chi connectivity index (χ2n) is 3.27. The number of alkyl halides is 3. The van der Waals surface area contributed by atoms with Crippen LogP contribution in [-0.2, 0) is 4.79 Å². The van der Waals surface area contributed by atoms with Gasteiger partial charge in [-0.15, -0.1) is 0 Å². The molecule has 0 saturated heterocycles. The van der Waals surface area contributed by atoms with Gasteiger partial charge in [0.25, 0.3) is 0 Å². The fourth-order valence-electron chi connectivity index (χ4n) is 1.09. The van der Waals surface area contributed by atoms with Crippen LogP contribution in [0.1, 0.15) is 11.1 Å². The van der Waals surface area contributed by atoms with Gasteiger partial charge in [0.2, 0.25) is 0 Å². The van der Waals surface area contributed by atoms with Gasteiger partial charge in [-0.3, -0.25) is 0 Å². The van der Waals surface area contributed by atoms with Crippen LogP contribution in [0.2, 0.25) is 0 Å². The summed E-state index contributed by atoms with van der Waals surface area (Å²) in [6.07, 6.45) is -4.24. The average Bonchev–Trinajstić information content (AvgIpc) is 2.14. The summed E-state index contributed by atoms with van der Waals surface area (Å²) in [5.41, 5.74) is -0.474. The Labute approximate surface area is 90.0 Å². The highest BCUT2D eigenvalue weighted by Crippen LogP contribution is 2.27. The number of carboxylic acids is 1. The highest BCUT2D eigenvalue weighted by molar-refractivity contribution is 5.93. The molecule has 1 aromatic carbocycles. The zero-order valence-electron chi connectivity index (χ0n) is 8.38. The molecule has 0 amide bonds. The molecule has 0 unspecified atom stereocenters. The summed E-state index contributed by atoms with van der Waals surface area (Å²) >= 11 is 0. The monoisotopic (exact) mass is 230 g/mol. The van der Waals surface area contributed by atoms with Crippen molar-refractivity contribution in [3.05, 3.63) is 41.0 Å². The van der Waals surface area contributed by atoms with Crippen molar-refractivity contribution in [1.29, 1.82) is 0 Å². The van der Waals surface area contributed by atoms with Gasteiger partial charge in [-0.2, -0.15) is 13.2 Å². The van der Waals surface area contributed by atoms with E-state index in [0.717, 1.165) is 5.56 Å². The molecule has 16 heavy (non-hydrogen) atoms. The van der Waals surface area contributed by atoms with Crippen molar-refractivity contribution in [1.82, 2.24) is 0 Å². The first-order valence-electron chi connectivity index (χ1n) is 4.39. The van der Waals surface area contributed by atoms with Crippen LogP contribution in [0, 0.1) is 6.92 Å². The van der Waals surface area contributed by atoms with E-state index in [4.69, 9.17) is 5.11 Å². The predicted molar refractivity (Wildman–Crippen MR) is 52.8 cm³/mol. The maximum absolute atomic E-state index is 12.3. The number of carbonyl (C=O) groups is 1. The number of rotatable bonds is 2. The van der Waals surface area contributed by atoms with Crippen molar-refractivity contribution in [2.24, 2.45) is 0 Å². The molecule has 0 atom stereocenters. The fourth-order valence-corrected chi connectivity index (χ4v) is 1.09. The van der Waals surface area contributed by atoms with E-state index in [2.05, 4.69) is 0 Å². The zero-order chi connectivity index (χ0) is 12.3. The van der Waals surface area contributed by atoms with E-state index >= 15 is 0 Å². The predicted octanol–water partition coefficient (Wildman–Crippen LogP) is 3.03. The third-order valence-electron chi connectivity index (χ3n) is 1.92. The number of hydrogen-bond donors (Lipinski definition) is 1. The van der Waals surface area contributed by atoms with E-state index in [1.54, 1.807) is 19.1 Å². The van der Waals surface area contributed by atoms with E-state index in [1.807, 2.05) is 0 Å². The Morgan fingerprint density at radius 2 is 1.75 bits per heavy atom. The van der Waals surface area contributed by atoms with E-state index < -0.39 is 17.7 Å². The lowest BCUT2D eigenvalue weighted by molar-refractivity contribution is -0.144. The lowest BCUT2D eigenvalue weighted by Crippen LogP contribution is -2.19. The molecule has 0 radical (unpaired) electrons. The summed E-state index contributed by atoms with van der Waals surface area (Å²) in [7, 11) is 0. The molecule has 0 heterocycles. The zero-order valence-corrected chi connectivity index (χ0v) is 8.38. The Morgan fingerprint density at radius 3 is 2.12 bits per heavy atom. The lowest BCUT2D eigenvalue weighted by Gasteiger charge is -2.06. The van der Waals surface area contributed by atoms with Gasteiger partial charge in [0.1, 0.15) is 5.57 Å². The van der Waals surface area contributed by atoms with Gasteiger partial charge in [0.05, 0.1) is 0 Å². The number of aliphatic carboxylic acids is 1. The first-order chi connectivity index (χ1) is 7.30. The summed E-state index contributed by atoms with van der Waals surface area (Å²) in [6, 6.07) is 6.09. The van der Waals surface area contributed by atoms with Crippen molar-refractivity contribution in [3.63, 3.8) is 0 Å². The molecule has 2 nitrogen and oxygen atoms in total. The Hall–Kier alpha value is -1.78. The molecule has 0 aliphatic heterocycles. The van der Waals surface area contributed by atoms with Crippen LogP contribution in [-0.4, -0.2) is 17.3 Å². The van der Waals surface area contributed by atoms with Crippen LogP contribution in [0.4, 0.5) is 13.2 Å². The second kappa shape index (κ2) is 4.38. The van der Waals surface area contributed by atoms with Gasteiger partial charge in [-0.05, 0) is 18.6 Å². The number of halogens is 3. The van der Waals surface area contributed by atoms with Crippen molar-refractivity contribution in [3.8, 4) is 0 Å². The van der Waals surface area contributed by atoms with Gasteiger partial charge in [0, 0.05) is 0 Å². The SMILES string of the molecule is Cc1ccc(/C=C(\C(=O)O)C(F)(F)F)cc1. The fraction of sp³-hybridized carbons (Fsp3) is 0.182. The van der Waals surface area contributed by atoms with Crippen molar-refractivity contribution >= 4 is 12.0 Å². The smallest absolute Gasteiger partial charge is 0.423 e. The summed E-state index contributed by atoms with van der Waals surface area (Å²) in [4.78, 5) is 10.4. The molecule has 5 heteroatoms. The third kappa shape index (κ3) is 3.12. The van der Waals surface area contributed by atoms with Gasteiger partial charge in [0.15, 0.2) is 0 Å². The first-order valence-corrected chi connectivity index (χ1v) is 4.39. The molecule has 0 aromatic heterocycles. The van der Waals surface area contributed by atoms with E-state index in [9.17, 15) is 18.0 Å². The number of carboxylic acid groups (broad SMARTS) is 1. The molecule has 0 bridgehead atoms. The molecule has 1 aromatic rings. The molecule has 0 saturated carbocycles. The Morgan fingerprint density at radius 1 is 1.25 bits per heavy atom. The second-order valence-corrected chi connectivity index (χ2v) is 3.27. The van der Waals surface area contributed by atoms with Crippen molar-refractivity contribution in [2.45, 2.75) is 13.1 Å². The number of aryl methyl sites for hydroxylation is 1. The molecular weight excluding hydrogens is 221 g/mol. The summed E-state index contributed by atoms with van der Waals surface area (Å²) in [6.45, 7) is 1.79. The Kier molecular flexibility index (Phi) is 3.37. The number of benzene rings is 1. The third-order valence-corrected chi connectivity index (χ3v) is 1.92. The van der Waals surface area contributed by atoms with Crippen LogP contribution < -0.4 is 0 Å². The minimum absolute atomic E-state index is 0.209. The summed E-state index contributed by atoms with van der Waals surface area (Å²) in [5, 5.41) is 8.44. The minimum atomic E-state index is -4.85. The summed E-state index contributed by atoms with van der Waals surface area (Å²) in [5.74, 6) is -1.98. The van der Waals surface area contributed by atoms with Crippen LogP contribution >= 0.6 is 0 Å². The molecule has 0 spiro atoms. The highest BCUT2D eigenvalue weighted by Gasteiger charge is 2.38. The van der Waals surface area contributed by atoms with Gasteiger partial charge in [-0.25, -0.2) is 4.79 Å². The maximum Gasteiger partial charge on any atom is 0.423 e. The molecule has 0 aliphatic rings. The molecule has 0 aliphatic carbocycles. The van der Waals surface area contributed by atoms with Crippen LogP contribution in [0.3, 0.4) is 0 Å². The standard InChI is InChI=1S/C11H9F3O2/c1-7-2-4-8(5-3-7)6-9(10(15)16)11(12,13)14/h2-6H,1H3,(H,15,16)/b9-6+. The molecular formula is C11H9F3O2. The Bertz CT molecular complexity index is 416. The molecule has 0 fully saturated rings. The van der Waals surface area contributed by atoms with E-state index in [-0.39, 0.29) is 5.56 Å². The van der Waals surface area contributed by atoms with Crippen LogP contribution in [0.25, 0.3) is 6.08 Å². The normalized spacial score (nSPS) is 12.6. The van der Waals surface area contributed by atoms with Gasteiger partial charge < -0.3 is 5.11 Å². The van der Waals surface area contributed by atoms with Gasteiger partial charge in [-0.1, -0.05) is 29.8 Å². The maximum atomic E-state index is 12.3. The van der Waals surface area contributed by atoms with Gasteiger partial charge >= 0.3 is 12.1 Å².